The predicted molar refractivity (Wildman–Crippen MR) is 48.7 cm³/mol. The Labute approximate surface area is 92.9 Å². The number of aliphatic hydroxyl groups is 1. The highest BCUT2D eigenvalue weighted by molar-refractivity contribution is 5.53. The van der Waals surface area contributed by atoms with Crippen molar-refractivity contribution < 1.29 is 23.2 Å². The normalized spacial score (nSPS) is 11.0. The van der Waals surface area contributed by atoms with E-state index >= 15 is 0 Å². The van der Waals surface area contributed by atoms with Gasteiger partial charge in [0.1, 0.15) is 0 Å². The monoisotopic (exact) mass is 246 g/mol. The van der Waals surface area contributed by atoms with Crippen LogP contribution >= 0.6 is 0 Å². The van der Waals surface area contributed by atoms with Crippen molar-refractivity contribution in [1.29, 1.82) is 5.26 Å². The molecule has 0 saturated carbocycles. The van der Waals surface area contributed by atoms with Crippen LogP contribution in [0.25, 0.3) is 0 Å². The van der Waals surface area contributed by atoms with Crippen molar-refractivity contribution >= 4 is 5.69 Å². The van der Waals surface area contributed by atoms with Crippen molar-refractivity contribution in [2.24, 2.45) is 0 Å². The van der Waals surface area contributed by atoms with Crippen molar-refractivity contribution in [1.82, 2.24) is 0 Å². The van der Waals surface area contributed by atoms with Crippen LogP contribution in [0.3, 0.4) is 0 Å². The summed E-state index contributed by atoms with van der Waals surface area (Å²) >= 11 is 0. The molecule has 1 rings (SSSR count). The summed E-state index contributed by atoms with van der Waals surface area (Å²) in [6.45, 7) is -0.878. The fourth-order valence-corrected chi connectivity index (χ4v) is 1.25. The summed E-state index contributed by atoms with van der Waals surface area (Å²) in [5.41, 5.74) is -3.20. The lowest BCUT2D eigenvalue weighted by Gasteiger charge is -2.09. The molecule has 0 fully saturated rings. The zero-order chi connectivity index (χ0) is 13.2. The van der Waals surface area contributed by atoms with Gasteiger partial charge in [0.2, 0.25) is 0 Å². The van der Waals surface area contributed by atoms with E-state index in [0.717, 1.165) is 0 Å². The van der Waals surface area contributed by atoms with Crippen molar-refractivity contribution in [2.75, 3.05) is 0 Å². The third kappa shape index (κ3) is 2.51. The molecule has 0 saturated heterocycles. The molecule has 0 heterocycles. The minimum Gasteiger partial charge on any atom is -0.391 e. The standard InChI is InChI=1S/C9H5F3N2O3/c10-9(11,12)6-1-5(3-13)7(4-15)8(2-6)14(16)17/h1-2,15H,4H2. The summed E-state index contributed by atoms with van der Waals surface area (Å²) in [4.78, 5) is 9.48. The molecule has 0 aromatic heterocycles. The van der Waals surface area contributed by atoms with Crippen molar-refractivity contribution in [3.8, 4) is 6.07 Å². The van der Waals surface area contributed by atoms with Gasteiger partial charge >= 0.3 is 6.18 Å². The Hall–Kier alpha value is -2.14. The van der Waals surface area contributed by atoms with Crippen molar-refractivity contribution in [2.45, 2.75) is 12.8 Å². The number of hydrogen-bond acceptors (Lipinski definition) is 4. The fourth-order valence-electron chi connectivity index (χ4n) is 1.25. The Bertz CT molecular complexity index is 505. The van der Waals surface area contributed by atoms with Gasteiger partial charge in [0.15, 0.2) is 0 Å². The van der Waals surface area contributed by atoms with Crippen LogP contribution in [-0.2, 0) is 12.8 Å². The molecule has 1 N–H and O–H groups in total. The molecule has 1 aromatic carbocycles. The lowest BCUT2D eigenvalue weighted by molar-refractivity contribution is -0.386. The van der Waals surface area contributed by atoms with E-state index in [1.165, 1.54) is 6.07 Å². The van der Waals surface area contributed by atoms with Gasteiger partial charge in [-0.2, -0.15) is 18.4 Å². The number of nitro groups is 1. The van der Waals surface area contributed by atoms with E-state index in [4.69, 9.17) is 10.4 Å². The Morgan fingerprint density at radius 3 is 2.41 bits per heavy atom. The maximum absolute atomic E-state index is 12.4. The van der Waals surface area contributed by atoms with Crippen LogP contribution in [0.15, 0.2) is 12.1 Å². The second-order valence-electron chi connectivity index (χ2n) is 3.05. The molecule has 0 unspecified atom stereocenters. The summed E-state index contributed by atoms with van der Waals surface area (Å²) in [5.74, 6) is 0. The average molecular weight is 246 g/mol. The van der Waals surface area contributed by atoms with Gasteiger partial charge in [0.05, 0.1) is 34.3 Å². The molecule has 0 bridgehead atoms. The van der Waals surface area contributed by atoms with Gasteiger partial charge in [0, 0.05) is 6.07 Å². The van der Waals surface area contributed by atoms with Gasteiger partial charge in [-0.1, -0.05) is 0 Å². The number of nitriles is 1. The lowest BCUT2D eigenvalue weighted by Crippen LogP contribution is -2.08. The summed E-state index contributed by atoms with van der Waals surface area (Å²) in [7, 11) is 0. The highest BCUT2D eigenvalue weighted by atomic mass is 19.4. The maximum atomic E-state index is 12.4. The molecule has 0 aliphatic heterocycles. The molecule has 0 atom stereocenters. The van der Waals surface area contributed by atoms with E-state index in [0.29, 0.717) is 12.1 Å². The molecule has 8 heteroatoms. The van der Waals surface area contributed by atoms with E-state index in [2.05, 4.69) is 0 Å². The largest absolute Gasteiger partial charge is 0.416 e. The number of alkyl halides is 3. The van der Waals surface area contributed by atoms with Gasteiger partial charge in [0.25, 0.3) is 5.69 Å². The number of halogens is 3. The van der Waals surface area contributed by atoms with E-state index < -0.39 is 40.1 Å². The third-order valence-corrected chi connectivity index (χ3v) is 2.03. The second kappa shape index (κ2) is 4.39. The van der Waals surface area contributed by atoms with Gasteiger partial charge in [-0.3, -0.25) is 10.1 Å². The predicted octanol–water partition coefficient (Wildman–Crippen LogP) is 1.98. The third-order valence-electron chi connectivity index (χ3n) is 2.03. The summed E-state index contributed by atoms with van der Waals surface area (Å²) < 4.78 is 37.2. The summed E-state index contributed by atoms with van der Waals surface area (Å²) in [6, 6.07) is 2.16. The first kappa shape index (κ1) is 12.9. The van der Waals surface area contributed by atoms with Crippen molar-refractivity contribution in [3.05, 3.63) is 38.9 Å². The van der Waals surface area contributed by atoms with Crippen LogP contribution in [0, 0.1) is 21.4 Å². The first-order valence-corrected chi connectivity index (χ1v) is 4.20. The summed E-state index contributed by atoms with van der Waals surface area (Å²) in [6.07, 6.45) is -4.79. The van der Waals surface area contributed by atoms with E-state index in [1.807, 2.05) is 0 Å². The van der Waals surface area contributed by atoms with Crippen LogP contribution in [0.1, 0.15) is 16.7 Å². The Balaban J connectivity index is 3.59. The number of nitro benzene ring substituents is 1. The molecule has 1 aromatic rings. The van der Waals surface area contributed by atoms with Crippen molar-refractivity contribution in [3.63, 3.8) is 0 Å². The van der Waals surface area contributed by atoms with Crippen LogP contribution in [-0.4, -0.2) is 10.0 Å². The SMILES string of the molecule is N#Cc1cc(C(F)(F)F)cc([N+](=O)[O-])c1CO. The first-order valence-electron chi connectivity index (χ1n) is 4.20. The average Bonchev–Trinajstić information content (AvgIpc) is 2.25. The molecule has 90 valence electrons. The van der Waals surface area contributed by atoms with E-state index in [1.54, 1.807) is 0 Å². The van der Waals surface area contributed by atoms with Crippen LogP contribution in [0.5, 0.6) is 0 Å². The van der Waals surface area contributed by atoms with E-state index in [-0.39, 0.29) is 0 Å². The quantitative estimate of drug-likeness (QED) is 0.638. The van der Waals surface area contributed by atoms with Gasteiger partial charge in [-0.05, 0) is 6.07 Å². The number of hydrogen-bond donors (Lipinski definition) is 1. The fraction of sp³-hybridized carbons (Fsp3) is 0.222. The van der Waals surface area contributed by atoms with Gasteiger partial charge in [-0.15, -0.1) is 0 Å². The molecule has 0 aliphatic rings. The van der Waals surface area contributed by atoms with Gasteiger partial charge < -0.3 is 5.11 Å². The minimum atomic E-state index is -4.79. The maximum Gasteiger partial charge on any atom is 0.416 e. The second-order valence-corrected chi connectivity index (χ2v) is 3.05. The Morgan fingerprint density at radius 1 is 1.47 bits per heavy atom. The molecular weight excluding hydrogens is 241 g/mol. The number of nitrogens with zero attached hydrogens (tertiary/aromatic N) is 2. The van der Waals surface area contributed by atoms with Crippen LogP contribution < -0.4 is 0 Å². The van der Waals surface area contributed by atoms with E-state index in [9.17, 15) is 23.3 Å². The Morgan fingerprint density at radius 2 is 2.06 bits per heavy atom. The molecule has 17 heavy (non-hydrogen) atoms. The van der Waals surface area contributed by atoms with Gasteiger partial charge in [-0.25, -0.2) is 0 Å². The highest BCUT2D eigenvalue weighted by Gasteiger charge is 2.34. The molecule has 5 nitrogen and oxygen atoms in total. The Kier molecular flexibility index (Phi) is 3.34. The highest BCUT2D eigenvalue weighted by Crippen LogP contribution is 2.34. The van der Waals surface area contributed by atoms with Crippen LogP contribution in [0.4, 0.5) is 18.9 Å². The van der Waals surface area contributed by atoms with Crippen LogP contribution in [0.2, 0.25) is 0 Å². The molecular formula is C9H5F3N2O3. The molecule has 0 amide bonds. The lowest BCUT2D eigenvalue weighted by atomic mass is 10.0. The minimum absolute atomic E-state index is 0.298. The first-order chi connectivity index (χ1) is 7.81. The zero-order valence-corrected chi connectivity index (χ0v) is 8.15. The molecule has 0 spiro atoms. The summed E-state index contributed by atoms with van der Waals surface area (Å²) in [5, 5.41) is 28.0. The topological polar surface area (TPSA) is 87.2 Å². The smallest absolute Gasteiger partial charge is 0.391 e. The number of benzene rings is 1. The zero-order valence-electron chi connectivity index (χ0n) is 8.15. The molecule has 0 radical (unpaired) electrons. The number of rotatable bonds is 2. The number of aliphatic hydroxyl groups excluding tert-OH is 1. The molecule has 0 aliphatic carbocycles.